The normalized spacial score (nSPS) is 28.8. The highest BCUT2D eigenvalue weighted by molar-refractivity contribution is 4.68. The van der Waals surface area contributed by atoms with Crippen LogP contribution in [0.15, 0.2) is 0 Å². The van der Waals surface area contributed by atoms with Crippen LogP contribution in [0.1, 0.15) is 6.92 Å². The molecule has 0 aromatic heterocycles. The predicted molar refractivity (Wildman–Crippen MR) is 38.9 cm³/mol. The van der Waals surface area contributed by atoms with E-state index >= 15 is 0 Å². The SMILES string of the molecule is CCN1CCO[C@H](CO)C1. The number of morpholine rings is 1. The highest BCUT2D eigenvalue weighted by Crippen LogP contribution is 2.02. The molecule has 0 aliphatic carbocycles. The van der Waals surface area contributed by atoms with Gasteiger partial charge in [0, 0.05) is 13.1 Å². The first-order chi connectivity index (χ1) is 4.86. The largest absolute Gasteiger partial charge is 0.394 e. The second kappa shape index (κ2) is 3.91. The van der Waals surface area contributed by atoms with Crippen LogP contribution in [-0.4, -0.2) is 49.0 Å². The number of ether oxygens (including phenoxy) is 1. The van der Waals surface area contributed by atoms with Gasteiger partial charge in [-0.3, -0.25) is 4.90 Å². The van der Waals surface area contributed by atoms with Crippen LogP contribution >= 0.6 is 0 Å². The first kappa shape index (κ1) is 7.98. The molecule has 0 aromatic carbocycles. The zero-order valence-electron chi connectivity index (χ0n) is 6.42. The predicted octanol–water partition coefficient (Wildman–Crippen LogP) is -0.301. The third-order valence-electron chi connectivity index (χ3n) is 1.87. The highest BCUT2D eigenvalue weighted by Gasteiger charge is 2.17. The molecule has 1 aliphatic rings. The van der Waals surface area contributed by atoms with Crippen LogP contribution in [0.25, 0.3) is 0 Å². The Morgan fingerprint density at radius 3 is 3.10 bits per heavy atom. The van der Waals surface area contributed by atoms with Crippen molar-refractivity contribution < 1.29 is 9.84 Å². The van der Waals surface area contributed by atoms with Gasteiger partial charge >= 0.3 is 0 Å². The summed E-state index contributed by atoms with van der Waals surface area (Å²) in [5.41, 5.74) is 0. The maximum atomic E-state index is 8.75. The summed E-state index contributed by atoms with van der Waals surface area (Å²) in [5.74, 6) is 0. The molecule has 10 heavy (non-hydrogen) atoms. The molecule has 3 nitrogen and oxygen atoms in total. The van der Waals surface area contributed by atoms with Gasteiger partial charge in [-0.15, -0.1) is 0 Å². The first-order valence-electron chi connectivity index (χ1n) is 3.81. The van der Waals surface area contributed by atoms with Gasteiger partial charge in [-0.25, -0.2) is 0 Å². The second-order valence-corrected chi connectivity index (χ2v) is 2.57. The molecule has 0 bridgehead atoms. The van der Waals surface area contributed by atoms with Crippen molar-refractivity contribution in [3.05, 3.63) is 0 Å². The Balaban J connectivity index is 2.25. The Bertz CT molecular complexity index is 87.6. The number of hydrogen-bond donors (Lipinski definition) is 1. The maximum absolute atomic E-state index is 8.75. The molecule has 0 radical (unpaired) electrons. The van der Waals surface area contributed by atoms with Gasteiger partial charge in [-0.05, 0) is 6.54 Å². The van der Waals surface area contributed by atoms with E-state index in [-0.39, 0.29) is 12.7 Å². The highest BCUT2D eigenvalue weighted by atomic mass is 16.5. The van der Waals surface area contributed by atoms with Crippen LogP contribution in [0.3, 0.4) is 0 Å². The van der Waals surface area contributed by atoms with E-state index in [9.17, 15) is 0 Å². The Morgan fingerprint density at radius 1 is 1.70 bits per heavy atom. The summed E-state index contributed by atoms with van der Waals surface area (Å²) in [5, 5.41) is 8.75. The average molecular weight is 145 g/mol. The van der Waals surface area contributed by atoms with Crippen LogP contribution in [0.2, 0.25) is 0 Å². The first-order valence-corrected chi connectivity index (χ1v) is 3.81. The van der Waals surface area contributed by atoms with Gasteiger partial charge in [0.2, 0.25) is 0 Å². The molecule has 60 valence electrons. The summed E-state index contributed by atoms with van der Waals surface area (Å²) in [7, 11) is 0. The molecule has 1 heterocycles. The van der Waals surface area contributed by atoms with E-state index in [0.29, 0.717) is 0 Å². The monoisotopic (exact) mass is 145 g/mol. The van der Waals surface area contributed by atoms with E-state index in [4.69, 9.17) is 9.84 Å². The minimum absolute atomic E-state index is 0.0497. The Hall–Kier alpha value is -0.120. The fourth-order valence-corrected chi connectivity index (χ4v) is 1.18. The summed E-state index contributed by atoms with van der Waals surface area (Å²) < 4.78 is 5.27. The van der Waals surface area contributed by atoms with Gasteiger partial charge in [0.05, 0.1) is 19.3 Å². The molecule has 1 rings (SSSR count). The Kier molecular flexibility index (Phi) is 3.12. The second-order valence-electron chi connectivity index (χ2n) is 2.57. The summed E-state index contributed by atoms with van der Waals surface area (Å²) in [6.07, 6.45) is 0.0497. The van der Waals surface area contributed by atoms with Crippen LogP contribution in [-0.2, 0) is 4.74 Å². The van der Waals surface area contributed by atoms with Crippen molar-refractivity contribution in [2.24, 2.45) is 0 Å². The number of aliphatic hydroxyl groups excluding tert-OH is 1. The third-order valence-corrected chi connectivity index (χ3v) is 1.87. The van der Waals surface area contributed by atoms with E-state index in [1.165, 1.54) is 0 Å². The van der Waals surface area contributed by atoms with Gasteiger partial charge in [0.15, 0.2) is 0 Å². The number of nitrogens with zero attached hydrogens (tertiary/aromatic N) is 1. The average Bonchev–Trinajstić information content (AvgIpc) is 2.05. The lowest BCUT2D eigenvalue weighted by atomic mass is 10.3. The molecule has 1 fully saturated rings. The van der Waals surface area contributed by atoms with Crippen molar-refractivity contribution in [3.63, 3.8) is 0 Å². The lowest BCUT2D eigenvalue weighted by Gasteiger charge is -2.30. The third kappa shape index (κ3) is 1.94. The number of aliphatic hydroxyl groups is 1. The van der Waals surface area contributed by atoms with E-state index in [1.54, 1.807) is 0 Å². The minimum atomic E-state index is 0.0497. The van der Waals surface area contributed by atoms with E-state index in [1.807, 2.05) is 0 Å². The molecule has 0 amide bonds. The van der Waals surface area contributed by atoms with Gasteiger partial charge in [-0.1, -0.05) is 6.92 Å². The molecule has 0 unspecified atom stereocenters. The molecule has 1 N–H and O–H groups in total. The molecule has 0 spiro atoms. The van der Waals surface area contributed by atoms with Gasteiger partial charge < -0.3 is 9.84 Å². The molecule has 3 heteroatoms. The molecular weight excluding hydrogens is 130 g/mol. The smallest absolute Gasteiger partial charge is 0.0932 e. The lowest BCUT2D eigenvalue weighted by molar-refractivity contribution is -0.0512. The summed E-state index contributed by atoms with van der Waals surface area (Å²) in [6, 6.07) is 0. The van der Waals surface area contributed by atoms with Crippen LogP contribution in [0.4, 0.5) is 0 Å². The summed E-state index contributed by atoms with van der Waals surface area (Å²) in [4.78, 5) is 2.28. The maximum Gasteiger partial charge on any atom is 0.0932 e. The molecular formula is C7H15NO2. The number of hydrogen-bond acceptors (Lipinski definition) is 3. The van der Waals surface area contributed by atoms with E-state index < -0.39 is 0 Å². The van der Waals surface area contributed by atoms with Crippen molar-refractivity contribution in [2.75, 3.05) is 32.8 Å². The van der Waals surface area contributed by atoms with Crippen molar-refractivity contribution in [1.82, 2.24) is 4.90 Å². The molecule has 0 saturated carbocycles. The fraction of sp³-hybridized carbons (Fsp3) is 1.00. The molecule has 1 saturated heterocycles. The fourth-order valence-electron chi connectivity index (χ4n) is 1.18. The van der Waals surface area contributed by atoms with Crippen LogP contribution in [0, 0.1) is 0 Å². The standard InChI is InChI=1S/C7H15NO2/c1-2-8-3-4-10-7(5-8)6-9/h7,9H,2-6H2,1H3/t7-/m0/s1. The minimum Gasteiger partial charge on any atom is -0.394 e. The Morgan fingerprint density at radius 2 is 2.50 bits per heavy atom. The quantitative estimate of drug-likeness (QED) is 0.579. The van der Waals surface area contributed by atoms with Crippen LogP contribution in [0.5, 0.6) is 0 Å². The van der Waals surface area contributed by atoms with Gasteiger partial charge in [-0.2, -0.15) is 0 Å². The van der Waals surface area contributed by atoms with E-state index in [0.717, 1.165) is 26.2 Å². The summed E-state index contributed by atoms with van der Waals surface area (Å²) in [6.45, 7) is 5.98. The molecule has 1 atom stereocenters. The van der Waals surface area contributed by atoms with Crippen molar-refractivity contribution in [2.45, 2.75) is 13.0 Å². The van der Waals surface area contributed by atoms with Gasteiger partial charge in [0.1, 0.15) is 0 Å². The van der Waals surface area contributed by atoms with E-state index in [2.05, 4.69) is 11.8 Å². The van der Waals surface area contributed by atoms with Crippen LogP contribution < -0.4 is 0 Å². The summed E-state index contributed by atoms with van der Waals surface area (Å²) >= 11 is 0. The van der Waals surface area contributed by atoms with Crippen molar-refractivity contribution in [1.29, 1.82) is 0 Å². The topological polar surface area (TPSA) is 32.7 Å². The lowest BCUT2D eigenvalue weighted by Crippen LogP contribution is -2.43. The van der Waals surface area contributed by atoms with Crippen molar-refractivity contribution in [3.8, 4) is 0 Å². The zero-order chi connectivity index (χ0) is 7.40. The van der Waals surface area contributed by atoms with Gasteiger partial charge in [0.25, 0.3) is 0 Å². The molecule has 1 aliphatic heterocycles. The van der Waals surface area contributed by atoms with Crippen molar-refractivity contribution >= 4 is 0 Å². The Labute approximate surface area is 61.6 Å². The number of rotatable bonds is 2. The number of likely N-dealkylation sites (N-methyl/N-ethyl adjacent to an activating group) is 1. The zero-order valence-corrected chi connectivity index (χ0v) is 6.42. The molecule has 0 aromatic rings.